The summed E-state index contributed by atoms with van der Waals surface area (Å²) in [4.78, 5) is 16.5. The fourth-order valence-electron chi connectivity index (χ4n) is 1.83. The average Bonchev–Trinajstić information content (AvgIpc) is 2.39. The van der Waals surface area contributed by atoms with Gasteiger partial charge in [0.1, 0.15) is 5.15 Å². The molecule has 0 aliphatic rings. The topological polar surface area (TPSA) is 77.7 Å². The molecule has 1 aromatic rings. The van der Waals surface area contributed by atoms with E-state index < -0.39 is 4.92 Å². The first-order valence-electron chi connectivity index (χ1n) is 6.06. The second-order valence-corrected chi connectivity index (χ2v) is 4.61. The van der Waals surface area contributed by atoms with Gasteiger partial charge in [-0.2, -0.15) is 0 Å². The maximum absolute atomic E-state index is 11.1. The van der Waals surface area contributed by atoms with E-state index in [9.17, 15) is 10.1 Å². The van der Waals surface area contributed by atoms with Crippen LogP contribution in [0.5, 0.6) is 0 Å². The molecule has 0 radical (unpaired) electrons. The summed E-state index contributed by atoms with van der Waals surface area (Å²) in [6, 6.07) is 2.66. The molecular weight excluding hydrogens is 286 g/mol. The van der Waals surface area contributed by atoms with Crippen molar-refractivity contribution in [3.8, 4) is 0 Å². The van der Waals surface area contributed by atoms with Gasteiger partial charge in [0.05, 0.1) is 24.2 Å². The van der Waals surface area contributed by atoms with Crippen LogP contribution < -0.4 is 4.90 Å². The van der Waals surface area contributed by atoms with Crippen molar-refractivity contribution in [2.24, 2.45) is 0 Å². The lowest BCUT2D eigenvalue weighted by Crippen LogP contribution is -2.39. The second-order valence-electron chi connectivity index (χ2n) is 4.22. The van der Waals surface area contributed by atoms with Crippen LogP contribution in [-0.2, 0) is 9.47 Å². The van der Waals surface area contributed by atoms with Gasteiger partial charge in [-0.15, -0.1) is 0 Å². The summed E-state index contributed by atoms with van der Waals surface area (Å²) in [6.45, 7) is 3.18. The number of nitrogens with zero attached hydrogens (tertiary/aromatic N) is 3. The third-order valence-corrected chi connectivity index (χ3v) is 2.98. The van der Waals surface area contributed by atoms with Crippen molar-refractivity contribution >= 4 is 23.1 Å². The largest absolute Gasteiger partial charge is 0.383 e. The second kappa shape index (κ2) is 7.98. The molecule has 1 unspecified atom stereocenters. The molecule has 1 heterocycles. The quantitative estimate of drug-likeness (QED) is 0.416. The summed E-state index contributed by atoms with van der Waals surface area (Å²) in [6.07, 6.45) is 0. The van der Waals surface area contributed by atoms with Crippen LogP contribution in [0.25, 0.3) is 0 Å². The van der Waals surface area contributed by atoms with Crippen molar-refractivity contribution < 1.29 is 14.4 Å². The van der Waals surface area contributed by atoms with Crippen molar-refractivity contribution in [2.45, 2.75) is 13.0 Å². The molecule has 0 saturated heterocycles. The van der Waals surface area contributed by atoms with Crippen LogP contribution in [0.3, 0.4) is 0 Å². The van der Waals surface area contributed by atoms with Crippen molar-refractivity contribution in [3.05, 3.63) is 27.4 Å². The molecule has 112 valence electrons. The highest BCUT2D eigenvalue weighted by Gasteiger charge is 2.25. The number of methoxy groups -OCH3 is 2. The van der Waals surface area contributed by atoms with E-state index in [0.29, 0.717) is 19.8 Å². The average molecular weight is 304 g/mol. The minimum Gasteiger partial charge on any atom is -0.383 e. The van der Waals surface area contributed by atoms with Crippen molar-refractivity contribution in [3.63, 3.8) is 0 Å². The van der Waals surface area contributed by atoms with Gasteiger partial charge in [0, 0.05) is 26.8 Å². The fraction of sp³-hybridized carbons (Fsp3) is 0.583. The Kier molecular flexibility index (Phi) is 6.63. The van der Waals surface area contributed by atoms with Gasteiger partial charge in [-0.25, -0.2) is 4.98 Å². The summed E-state index contributed by atoms with van der Waals surface area (Å²) < 4.78 is 10.1. The lowest BCUT2D eigenvalue weighted by molar-refractivity contribution is -0.384. The van der Waals surface area contributed by atoms with Crippen LogP contribution in [-0.4, -0.2) is 49.9 Å². The van der Waals surface area contributed by atoms with Crippen LogP contribution in [0, 0.1) is 10.1 Å². The number of anilines is 1. The number of hydrogen-bond acceptors (Lipinski definition) is 6. The number of pyridine rings is 1. The Morgan fingerprint density at radius 1 is 1.45 bits per heavy atom. The van der Waals surface area contributed by atoms with Gasteiger partial charge in [-0.1, -0.05) is 11.6 Å². The summed E-state index contributed by atoms with van der Waals surface area (Å²) in [7, 11) is 3.14. The van der Waals surface area contributed by atoms with E-state index in [1.165, 1.54) is 12.1 Å². The van der Waals surface area contributed by atoms with Crippen LogP contribution >= 0.6 is 11.6 Å². The molecule has 0 bridgehead atoms. The van der Waals surface area contributed by atoms with Crippen molar-refractivity contribution in [1.82, 2.24) is 4.98 Å². The first-order valence-corrected chi connectivity index (χ1v) is 6.44. The molecule has 20 heavy (non-hydrogen) atoms. The lowest BCUT2D eigenvalue weighted by Gasteiger charge is -2.29. The van der Waals surface area contributed by atoms with E-state index in [2.05, 4.69) is 4.98 Å². The molecule has 1 atom stereocenters. The minimum atomic E-state index is -0.474. The summed E-state index contributed by atoms with van der Waals surface area (Å²) in [5.41, 5.74) is -0.0894. The van der Waals surface area contributed by atoms with Crippen molar-refractivity contribution in [2.75, 3.05) is 38.9 Å². The normalized spacial score (nSPS) is 12.2. The van der Waals surface area contributed by atoms with Gasteiger partial charge in [-0.3, -0.25) is 10.1 Å². The van der Waals surface area contributed by atoms with Crippen LogP contribution in [0.15, 0.2) is 12.1 Å². The third-order valence-electron chi connectivity index (χ3n) is 2.77. The van der Waals surface area contributed by atoms with Gasteiger partial charge >= 0.3 is 5.69 Å². The zero-order valence-corrected chi connectivity index (χ0v) is 12.5. The number of hydrogen-bond donors (Lipinski definition) is 0. The minimum absolute atomic E-state index is 0.0894. The summed E-state index contributed by atoms with van der Waals surface area (Å²) in [5.74, 6) is 0.226. The highest BCUT2D eigenvalue weighted by atomic mass is 35.5. The zero-order chi connectivity index (χ0) is 15.1. The summed E-state index contributed by atoms with van der Waals surface area (Å²) >= 11 is 5.86. The third kappa shape index (κ3) is 4.29. The number of ether oxygens (including phenoxy) is 2. The first-order chi connectivity index (χ1) is 9.51. The van der Waals surface area contributed by atoms with E-state index in [-0.39, 0.29) is 22.7 Å². The fourth-order valence-corrected chi connectivity index (χ4v) is 1.97. The molecule has 0 aliphatic heterocycles. The number of nitro groups is 1. The molecule has 1 aromatic heterocycles. The van der Waals surface area contributed by atoms with Crippen LogP contribution in [0.2, 0.25) is 5.15 Å². The first kappa shape index (κ1) is 16.6. The molecule has 0 spiro atoms. The molecule has 0 N–H and O–H groups in total. The van der Waals surface area contributed by atoms with E-state index >= 15 is 0 Å². The SMILES string of the molecule is COCCN(c1nc(Cl)ccc1[N+](=O)[O-])C(C)COC. The molecule has 1 rings (SSSR count). The monoisotopic (exact) mass is 303 g/mol. The highest BCUT2D eigenvalue weighted by molar-refractivity contribution is 6.29. The predicted molar refractivity (Wildman–Crippen MR) is 76.5 cm³/mol. The summed E-state index contributed by atoms with van der Waals surface area (Å²) in [5, 5.41) is 11.3. The van der Waals surface area contributed by atoms with E-state index in [4.69, 9.17) is 21.1 Å². The van der Waals surface area contributed by atoms with Crippen molar-refractivity contribution in [1.29, 1.82) is 0 Å². The maximum Gasteiger partial charge on any atom is 0.311 e. The Bertz CT molecular complexity index is 458. The number of halogens is 1. The van der Waals surface area contributed by atoms with Gasteiger partial charge in [0.25, 0.3) is 0 Å². The molecule has 0 fully saturated rings. The van der Waals surface area contributed by atoms with Gasteiger partial charge in [0.2, 0.25) is 5.82 Å². The van der Waals surface area contributed by atoms with Crippen LogP contribution in [0.4, 0.5) is 11.5 Å². The van der Waals surface area contributed by atoms with Gasteiger partial charge in [0.15, 0.2) is 0 Å². The standard InChI is InChI=1S/C12H18ClN3O4/c1-9(8-20-3)15(6-7-19-2)12-10(16(17)18)4-5-11(13)14-12/h4-5,9H,6-8H2,1-3H3. The van der Waals surface area contributed by atoms with E-state index in [1.807, 2.05) is 6.92 Å². The Hall–Kier alpha value is -1.44. The molecule has 0 amide bonds. The Labute approximate surface area is 122 Å². The van der Waals surface area contributed by atoms with Crippen LogP contribution in [0.1, 0.15) is 6.92 Å². The molecular formula is C12H18ClN3O4. The Morgan fingerprint density at radius 3 is 2.70 bits per heavy atom. The Balaban J connectivity index is 3.16. The predicted octanol–water partition coefficient (Wildman–Crippen LogP) is 2.13. The Morgan fingerprint density at radius 2 is 2.15 bits per heavy atom. The van der Waals surface area contributed by atoms with Gasteiger partial charge < -0.3 is 14.4 Å². The molecule has 7 nitrogen and oxygen atoms in total. The smallest absolute Gasteiger partial charge is 0.311 e. The highest BCUT2D eigenvalue weighted by Crippen LogP contribution is 2.29. The molecule has 8 heteroatoms. The zero-order valence-electron chi connectivity index (χ0n) is 11.7. The molecule has 0 saturated carbocycles. The number of rotatable bonds is 8. The number of aromatic nitrogens is 1. The molecule has 0 aromatic carbocycles. The lowest BCUT2D eigenvalue weighted by atomic mass is 10.2. The molecule has 0 aliphatic carbocycles. The van der Waals surface area contributed by atoms with E-state index in [1.54, 1.807) is 19.1 Å². The van der Waals surface area contributed by atoms with E-state index in [0.717, 1.165) is 0 Å². The maximum atomic E-state index is 11.1. The van der Waals surface area contributed by atoms with Gasteiger partial charge in [-0.05, 0) is 13.0 Å².